The molecule has 4 aromatic rings. The number of nitrogens with one attached hydrogen (secondary N) is 1. The van der Waals surface area contributed by atoms with Crippen LogP contribution >= 0.6 is 23.2 Å². The van der Waals surface area contributed by atoms with Crippen LogP contribution in [-0.4, -0.2) is 9.78 Å². The molecule has 1 N–H and O–H groups in total. The number of anilines is 2. The van der Waals surface area contributed by atoms with Crippen LogP contribution in [0.4, 0.5) is 11.5 Å². The van der Waals surface area contributed by atoms with Crippen molar-refractivity contribution in [3.8, 4) is 11.1 Å². The molecular weight excluding hydrogens is 353 g/mol. The van der Waals surface area contributed by atoms with Gasteiger partial charge in [-0.3, -0.25) is 4.68 Å². The second-order valence-corrected chi connectivity index (χ2v) is 6.61. The molecule has 0 aliphatic heterocycles. The molecule has 0 saturated heterocycles. The van der Waals surface area contributed by atoms with Crippen molar-refractivity contribution in [1.82, 2.24) is 9.78 Å². The molecule has 1 aromatic heterocycles. The zero-order valence-electron chi connectivity index (χ0n) is 13.5. The van der Waals surface area contributed by atoms with E-state index in [4.69, 9.17) is 23.2 Å². The average Bonchev–Trinajstić information content (AvgIpc) is 2.93. The largest absolute Gasteiger partial charge is 0.337 e. The minimum absolute atomic E-state index is 0.668. The van der Waals surface area contributed by atoms with Crippen LogP contribution in [-0.2, 0) is 7.05 Å². The monoisotopic (exact) mass is 367 g/mol. The lowest BCUT2D eigenvalue weighted by atomic mass is 10.1. The summed E-state index contributed by atoms with van der Waals surface area (Å²) in [5, 5.41) is 10.3. The van der Waals surface area contributed by atoms with Gasteiger partial charge in [0, 0.05) is 23.0 Å². The van der Waals surface area contributed by atoms with E-state index in [1.54, 1.807) is 4.68 Å². The fourth-order valence-corrected chi connectivity index (χ4v) is 3.37. The van der Waals surface area contributed by atoms with Crippen molar-refractivity contribution in [3.05, 3.63) is 76.8 Å². The molecule has 0 spiro atoms. The van der Waals surface area contributed by atoms with Crippen LogP contribution in [0.1, 0.15) is 0 Å². The van der Waals surface area contributed by atoms with Gasteiger partial charge in [0.25, 0.3) is 0 Å². The zero-order valence-corrected chi connectivity index (χ0v) is 15.0. The molecule has 4 rings (SSSR count). The molecule has 0 atom stereocenters. The summed E-state index contributed by atoms with van der Waals surface area (Å²) in [6.07, 6.45) is 0. The Kier molecular flexibility index (Phi) is 4.12. The highest BCUT2D eigenvalue weighted by Crippen LogP contribution is 2.36. The van der Waals surface area contributed by atoms with Gasteiger partial charge in [0.05, 0.1) is 16.2 Å². The topological polar surface area (TPSA) is 29.9 Å². The molecule has 0 aliphatic carbocycles. The minimum atomic E-state index is 0.668. The quantitative estimate of drug-likeness (QED) is 0.460. The Hall–Kier alpha value is -2.49. The fraction of sp³-hybridized carbons (Fsp3) is 0.0500. The third-order valence-electron chi connectivity index (χ3n) is 4.15. The van der Waals surface area contributed by atoms with Crippen molar-refractivity contribution in [3.63, 3.8) is 0 Å². The Morgan fingerprint density at radius 3 is 2.52 bits per heavy atom. The summed E-state index contributed by atoms with van der Waals surface area (Å²) < 4.78 is 1.80. The highest BCUT2D eigenvalue weighted by Gasteiger charge is 2.13. The van der Waals surface area contributed by atoms with Gasteiger partial charge in [0.15, 0.2) is 5.82 Å². The highest BCUT2D eigenvalue weighted by molar-refractivity contribution is 6.36. The summed E-state index contributed by atoms with van der Waals surface area (Å²) in [6.45, 7) is 0. The van der Waals surface area contributed by atoms with E-state index in [2.05, 4.69) is 10.4 Å². The van der Waals surface area contributed by atoms with E-state index in [1.807, 2.05) is 73.8 Å². The van der Waals surface area contributed by atoms with Crippen LogP contribution in [0.3, 0.4) is 0 Å². The molecule has 124 valence electrons. The maximum Gasteiger partial charge on any atom is 0.160 e. The number of rotatable bonds is 3. The Labute approximate surface area is 155 Å². The van der Waals surface area contributed by atoms with Crippen molar-refractivity contribution in [2.45, 2.75) is 0 Å². The first-order valence-corrected chi connectivity index (χ1v) is 8.62. The highest BCUT2D eigenvalue weighted by atomic mass is 35.5. The van der Waals surface area contributed by atoms with Gasteiger partial charge in [-0.05, 0) is 29.8 Å². The number of hydrogen-bond donors (Lipinski definition) is 1. The second-order valence-electron chi connectivity index (χ2n) is 5.79. The summed E-state index contributed by atoms with van der Waals surface area (Å²) in [5.41, 5.74) is 3.84. The van der Waals surface area contributed by atoms with Crippen molar-refractivity contribution in [2.24, 2.45) is 7.05 Å². The molecule has 25 heavy (non-hydrogen) atoms. The van der Waals surface area contributed by atoms with Gasteiger partial charge in [-0.25, -0.2) is 0 Å². The Bertz CT molecular complexity index is 1060. The number of aryl methyl sites for hydroxylation is 1. The van der Waals surface area contributed by atoms with Gasteiger partial charge in [-0.2, -0.15) is 5.10 Å². The smallest absolute Gasteiger partial charge is 0.160 e. The Morgan fingerprint density at radius 1 is 0.920 bits per heavy atom. The van der Waals surface area contributed by atoms with Gasteiger partial charge in [0.2, 0.25) is 0 Å². The maximum atomic E-state index is 6.66. The normalized spacial score (nSPS) is 11.0. The zero-order chi connectivity index (χ0) is 17.4. The molecule has 0 fully saturated rings. The number of fused-ring (bicyclic) bond motifs is 1. The molecule has 1 heterocycles. The van der Waals surface area contributed by atoms with Gasteiger partial charge < -0.3 is 5.32 Å². The Balaban J connectivity index is 1.77. The molecule has 5 heteroatoms. The van der Waals surface area contributed by atoms with Crippen LogP contribution in [0, 0.1) is 0 Å². The third-order valence-corrected chi connectivity index (χ3v) is 4.79. The summed E-state index contributed by atoms with van der Waals surface area (Å²) in [7, 11) is 1.89. The van der Waals surface area contributed by atoms with E-state index >= 15 is 0 Å². The first-order valence-electron chi connectivity index (χ1n) is 7.87. The van der Waals surface area contributed by atoms with Crippen LogP contribution in [0.2, 0.25) is 10.0 Å². The SMILES string of the molecule is Cn1nc(Nc2cccc(-c3ccccc3)c2Cl)c2ccc(Cl)cc21. The van der Waals surface area contributed by atoms with Gasteiger partial charge in [-0.15, -0.1) is 0 Å². The third kappa shape index (κ3) is 2.97. The number of benzene rings is 3. The van der Waals surface area contributed by atoms with Gasteiger partial charge in [0.1, 0.15) is 0 Å². The first kappa shape index (κ1) is 16.0. The molecule has 3 aromatic carbocycles. The van der Waals surface area contributed by atoms with Crippen LogP contribution in [0.5, 0.6) is 0 Å². The van der Waals surface area contributed by atoms with E-state index in [1.165, 1.54) is 0 Å². The average molecular weight is 368 g/mol. The lowest BCUT2D eigenvalue weighted by Gasteiger charge is -2.11. The van der Waals surface area contributed by atoms with Crippen LogP contribution < -0.4 is 5.32 Å². The van der Waals surface area contributed by atoms with Crippen molar-refractivity contribution in [2.75, 3.05) is 5.32 Å². The van der Waals surface area contributed by atoms with E-state index in [0.717, 1.165) is 33.5 Å². The molecule has 0 amide bonds. The summed E-state index contributed by atoms with van der Waals surface area (Å²) in [4.78, 5) is 0. The van der Waals surface area contributed by atoms with Gasteiger partial charge in [-0.1, -0.05) is 65.7 Å². The summed E-state index contributed by atoms with van der Waals surface area (Å²) in [6, 6.07) is 21.8. The number of nitrogens with zero attached hydrogens (tertiary/aromatic N) is 2. The summed E-state index contributed by atoms with van der Waals surface area (Å²) >= 11 is 12.7. The maximum absolute atomic E-state index is 6.66. The molecule has 0 saturated carbocycles. The predicted molar refractivity (Wildman–Crippen MR) is 106 cm³/mol. The molecule has 0 bridgehead atoms. The predicted octanol–water partition coefficient (Wildman–Crippen LogP) is 6.29. The second kappa shape index (κ2) is 6.43. The van der Waals surface area contributed by atoms with Crippen LogP contribution in [0.15, 0.2) is 66.7 Å². The standard InChI is InChI=1S/C20H15Cl2N3/c1-25-18-12-14(21)10-11-16(18)20(24-25)23-17-9-5-8-15(19(17)22)13-6-3-2-4-7-13/h2-12H,1H3,(H,23,24). The van der Waals surface area contributed by atoms with Crippen molar-refractivity contribution < 1.29 is 0 Å². The van der Waals surface area contributed by atoms with Crippen LogP contribution in [0.25, 0.3) is 22.0 Å². The van der Waals surface area contributed by atoms with Crippen molar-refractivity contribution in [1.29, 1.82) is 0 Å². The van der Waals surface area contributed by atoms with Crippen molar-refractivity contribution >= 4 is 45.6 Å². The molecule has 0 radical (unpaired) electrons. The fourth-order valence-electron chi connectivity index (χ4n) is 2.92. The van der Waals surface area contributed by atoms with Gasteiger partial charge >= 0.3 is 0 Å². The lowest BCUT2D eigenvalue weighted by Crippen LogP contribution is -1.95. The van der Waals surface area contributed by atoms with E-state index in [9.17, 15) is 0 Å². The lowest BCUT2D eigenvalue weighted by molar-refractivity contribution is 0.801. The molecular formula is C20H15Cl2N3. The molecule has 3 nitrogen and oxygen atoms in total. The number of hydrogen-bond acceptors (Lipinski definition) is 2. The van der Waals surface area contributed by atoms with E-state index < -0.39 is 0 Å². The number of halogens is 2. The van der Waals surface area contributed by atoms with E-state index in [-0.39, 0.29) is 0 Å². The first-order chi connectivity index (χ1) is 12.1. The number of aromatic nitrogens is 2. The minimum Gasteiger partial charge on any atom is -0.337 e. The Morgan fingerprint density at radius 2 is 1.72 bits per heavy atom. The van der Waals surface area contributed by atoms with E-state index in [0.29, 0.717) is 10.0 Å². The molecule has 0 unspecified atom stereocenters. The summed E-state index contributed by atoms with van der Waals surface area (Å²) in [5.74, 6) is 0.751. The molecule has 0 aliphatic rings.